The van der Waals surface area contributed by atoms with Gasteiger partial charge in [0.05, 0.1) is 18.2 Å². The average Bonchev–Trinajstić information content (AvgIpc) is 3.27. The zero-order valence-electron chi connectivity index (χ0n) is 17.7. The van der Waals surface area contributed by atoms with Crippen molar-refractivity contribution in [3.63, 3.8) is 0 Å². The van der Waals surface area contributed by atoms with Gasteiger partial charge in [-0.25, -0.2) is 4.98 Å². The van der Waals surface area contributed by atoms with Gasteiger partial charge in [-0.3, -0.25) is 14.3 Å². The van der Waals surface area contributed by atoms with E-state index in [0.29, 0.717) is 23.8 Å². The van der Waals surface area contributed by atoms with Gasteiger partial charge in [0, 0.05) is 17.8 Å². The molecule has 0 spiro atoms. The van der Waals surface area contributed by atoms with Crippen LogP contribution in [0.1, 0.15) is 51.0 Å². The maximum absolute atomic E-state index is 13.7. The van der Waals surface area contributed by atoms with Gasteiger partial charge in [0.25, 0.3) is 5.91 Å². The molecule has 0 radical (unpaired) electrons. The Kier molecular flexibility index (Phi) is 6.57. The van der Waals surface area contributed by atoms with Gasteiger partial charge in [-0.2, -0.15) is 0 Å². The van der Waals surface area contributed by atoms with Crippen LogP contribution < -0.4 is 4.72 Å². The highest BCUT2D eigenvalue weighted by molar-refractivity contribution is 7.78. The largest absolute Gasteiger partial charge is 0.508 e. The Balaban J connectivity index is 1.55. The molecule has 1 fully saturated rings. The van der Waals surface area contributed by atoms with Crippen LogP contribution in [0.2, 0.25) is 0 Å². The zero-order valence-corrected chi connectivity index (χ0v) is 19.4. The van der Waals surface area contributed by atoms with Crippen molar-refractivity contribution in [3.8, 4) is 5.75 Å². The number of hydrogen-bond acceptors (Lipinski definition) is 7. The SMILES string of the molecule is Cc1sc(CN(CCCc2ccco2)C(=O)C2(c3ccc(O)cc3)CC2)nc1C(=O)NS. The van der Waals surface area contributed by atoms with E-state index in [4.69, 9.17) is 4.42 Å². The summed E-state index contributed by atoms with van der Waals surface area (Å²) in [6, 6.07) is 10.7. The zero-order chi connectivity index (χ0) is 22.7. The van der Waals surface area contributed by atoms with Crippen LogP contribution in [0.3, 0.4) is 0 Å². The van der Waals surface area contributed by atoms with Crippen LogP contribution in [-0.2, 0) is 23.2 Å². The molecule has 2 amide bonds. The van der Waals surface area contributed by atoms with Gasteiger partial charge in [-0.1, -0.05) is 24.9 Å². The summed E-state index contributed by atoms with van der Waals surface area (Å²) in [7, 11) is 0. The Morgan fingerprint density at radius 2 is 2.03 bits per heavy atom. The van der Waals surface area contributed by atoms with Crippen molar-refractivity contribution in [2.45, 2.75) is 44.6 Å². The Bertz CT molecular complexity index is 1090. The van der Waals surface area contributed by atoms with Crippen LogP contribution in [0, 0.1) is 6.92 Å². The highest BCUT2D eigenvalue weighted by Gasteiger charge is 2.53. The van der Waals surface area contributed by atoms with Crippen molar-refractivity contribution < 1.29 is 19.1 Å². The number of hydrogen-bond donors (Lipinski definition) is 3. The summed E-state index contributed by atoms with van der Waals surface area (Å²) in [5, 5.41) is 10.3. The monoisotopic (exact) mass is 471 g/mol. The fourth-order valence-electron chi connectivity index (χ4n) is 3.93. The van der Waals surface area contributed by atoms with E-state index < -0.39 is 5.41 Å². The second-order valence-electron chi connectivity index (χ2n) is 7.99. The first-order valence-corrected chi connectivity index (χ1v) is 11.7. The summed E-state index contributed by atoms with van der Waals surface area (Å²) >= 11 is 5.24. The van der Waals surface area contributed by atoms with E-state index in [9.17, 15) is 14.7 Å². The molecule has 4 rings (SSSR count). The predicted molar refractivity (Wildman–Crippen MR) is 125 cm³/mol. The third kappa shape index (κ3) is 4.68. The van der Waals surface area contributed by atoms with E-state index in [2.05, 4.69) is 22.5 Å². The van der Waals surface area contributed by atoms with Crippen LogP contribution in [0.15, 0.2) is 47.1 Å². The summed E-state index contributed by atoms with van der Waals surface area (Å²) in [6.45, 7) is 2.72. The number of carbonyl (C=O) groups is 2. The Morgan fingerprint density at radius 1 is 1.28 bits per heavy atom. The third-order valence-electron chi connectivity index (χ3n) is 5.78. The van der Waals surface area contributed by atoms with Crippen LogP contribution in [0.25, 0.3) is 0 Å². The molecule has 7 nitrogen and oxygen atoms in total. The van der Waals surface area contributed by atoms with Gasteiger partial charge < -0.3 is 14.4 Å². The quantitative estimate of drug-likeness (QED) is 0.410. The average molecular weight is 472 g/mol. The van der Waals surface area contributed by atoms with E-state index in [-0.39, 0.29) is 17.6 Å². The van der Waals surface area contributed by atoms with E-state index in [0.717, 1.165) is 41.9 Å². The number of aromatic hydroxyl groups is 1. The summed E-state index contributed by atoms with van der Waals surface area (Å²) in [5.74, 6) is 0.762. The fourth-order valence-corrected chi connectivity index (χ4v) is 4.98. The first kappa shape index (κ1) is 22.4. The Labute approximate surface area is 196 Å². The number of benzene rings is 1. The number of furan rings is 1. The number of aryl methyl sites for hydroxylation is 2. The van der Waals surface area contributed by atoms with Crippen molar-refractivity contribution >= 4 is 36.0 Å². The van der Waals surface area contributed by atoms with E-state index in [1.54, 1.807) is 18.4 Å². The molecule has 2 heterocycles. The molecule has 0 bridgehead atoms. The smallest absolute Gasteiger partial charge is 0.280 e. The third-order valence-corrected chi connectivity index (χ3v) is 6.94. The molecule has 1 aliphatic rings. The van der Waals surface area contributed by atoms with Crippen LogP contribution in [0.5, 0.6) is 5.75 Å². The van der Waals surface area contributed by atoms with Crippen LogP contribution in [0.4, 0.5) is 0 Å². The van der Waals surface area contributed by atoms with Gasteiger partial charge in [0.15, 0.2) is 0 Å². The molecule has 0 atom stereocenters. The van der Waals surface area contributed by atoms with Gasteiger partial charge in [0.1, 0.15) is 22.2 Å². The summed E-state index contributed by atoms with van der Waals surface area (Å²) in [4.78, 5) is 32.8. The molecule has 168 valence electrons. The van der Waals surface area contributed by atoms with Crippen molar-refractivity contribution in [3.05, 3.63) is 69.6 Å². The molecular formula is C23H25N3O4S2. The normalized spacial score (nSPS) is 14.2. The predicted octanol–water partition coefficient (Wildman–Crippen LogP) is 4.02. The number of thiazole rings is 1. The number of nitrogens with zero attached hydrogens (tertiary/aromatic N) is 2. The number of carbonyl (C=O) groups excluding carboxylic acids is 2. The lowest BCUT2D eigenvalue weighted by Crippen LogP contribution is -2.39. The molecule has 3 aromatic rings. The molecule has 0 unspecified atom stereocenters. The summed E-state index contributed by atoms with van der Waals surface area (Å²) < 4.78 is 7.73. The Hall–Kier alpha value is -2.78. The van der Waals surface area contributed by atoms with E-state index >= 15 is 0 Å². The minimum Gasteiger partial charge on any atom is -0.508 e. The lowest BCUT2D eigenvalue weighted by molar-refractivity contribution is -0.134. The lowest BCUT2D eigenvalue weighted by atomic mass is 9.94. The van der Waals surface area contributed by atoms with Gasteiger partial charge >= 0.3 is 0 Å². The number of thiol groups is 1. The number of phenolic OH excluding ortho intramolecular Hbond substituents is 1. The van der Waals surface area contributed by atoms with E-state index in [1.807, 2.05) is 36.1 Å². The van der Waals surface area contributed by atoms with Crippen molar-refractivity contribution in [2.24, 2.45) is 0 Å². The molecule has 2 N–H and O–H groups in total. The Morgan fingerprint density at radius 3 is 2.66 bits per heavy atom. The molecule has 32 heavy (non-hydrogen) atoms. The summed E-state index contributed by atoms with van der Waals surface area (Å²) in [6.07, 6.45) is 4.67. The van der Waals surface area contributed by atoms with Crippen molar-refractivity contribution in [2.75, 3.05) is 6.54 Å². The van der Waals surface area contributed by atoms with E-state index in [1.165, 1.54) is 11.3 Å². The molecule has 1 saturated carbocycles. The van der Waals surface area contributed by atoms with Crippen molar-refractivity contribution in [1.29, 1.82) is 0 Å². The number of phenols is 1. The maximum Gasteiger partial charge on any atom is 0.280 e. The number of nitrogens with one attached hydrogen (secondary N) is 1. The first-order chi connectivity index (χ1) is 15.4. The molecule has 9 heteroatoms. The molecule has 2 aromatic heterocycles. The number of rotatable bonds is 9. The molecule has 1 aromatic carbocycles. The molecular weight excluding hydrogens is 446 g/mol. The summed E-state index contributed by atoms with van der Waals surface area (Å²) in [5.41, 5.74) is 0.695. The van der Waals surface area contributed by atoms with Crippen molar-refractivity contribution in [1.82, 2.24) is 14.6 Å². The molecule has 1 aliphatic carbocycles. The van der Waals surface area contributed by atoms with Crippen LogP contribution in [-0.4, -0.2) is 33.3 Å². The highest BCUT2D eigenvalue weighted by Crippen LogP contribution is 2.50. The van der Waals surface area contributed by atoms with Gasteiger partial charge in [-0.15, -0.1) is 11.3 Å². The molecule has 0 aliphatic heterocycles. The maximum atomic E-state index is 13.7. The standard InChI is InChI=1S/C23H25N3O4S2/c1-15-20(21(28)25-31)24-19(32-15)14-26(12-2-4-18-5-3-13-30-18)22(29)23(10-11-23)16-6-8-17(27)9-7-16/h3,5-9,13,27,31H,2,4,10-12,14H2,1H3,(H,25,28). The topological polar surface area (TPSA) is 95.7 Å². The first-order valence-electron chi connectivity index (χ1n) is 10.4. The van der Waals surface area contributed by atoms with Crippen LogP contribution >= 0.6 is 24.2 Å². The fraction of sp³-hybridized carbons (Fsp3) is 0.348. The number of aromatic nitrogens is 1. The highest BCUT2D eigenvalue weighted by atomic mass is 32.1. The second-order valence-corrected chi connectivity index (χ2v) is 9.50. The molecule has 0 saturated heterocycles. The minimum absolute atomic E-state index is 0.0516. The van der Waals surface area contributed by atoms with Gasteiger partial charge in [0.2, 0.25) is 5.91 Å². The van der Waals surface area contributed by atoms with Gasteiger partial charge in [-0.05, 0) is 56.0 Å². The minimum atomic E-state index is -0.560. The second kappa shape index (κ2) is 9.38. The number of amides is 2. The lowest BCUT2D eigenvalue weighted by Gasteiger charge is -2.27.